The van der Waals surface area contributed by atoms with Gasteiger partial charge in [-0.05, 0) is 18.2 Å². The van der Waals surface area contributed by atoms with Crippen molar-refractivity contribution in [2.45, 2.75) is 6.54 Å². The molecule has 0 fully saturated rings. The number of anilines is 1. The third-order valence-corrected chi connectivity index (χ3v) is 2.73. The molecule has 0 saturated heterocycles. The van der Waals surface area contributed by atoms with E-state index in [4.69, 9.17) is 4.74 Å². The third kappa shape index (κ3) is 2.88. The Morgan fingerprint density at radius 1 is 1.21 bits per heavy atom. The molecule has 0 atom stereocenters. The van der Waals surface area contributed by atoms with Crippen molar-refractivity contribution in [1.29, 1.82) is 0 Å². The van der Waals surface area contributed by atoms with Crippen LogP contribution in [0.1, 0.15) is 5.56 Å². The number of hydrogen-bond acceptors (Lipinski definition) is 4. The van der Waals surface area contributed by atoms with Gasteiger partial charge < -0.3 is 20.3 Å². The fraction of sp³-hybridized carbons (Fsp3) is 0.143. The Labute approximate surface area is 110 Å². The predicted octanol–water partition coefficient (Wildman–Crippen LogP) is 2.86. The molecule has 100 valence electrons. The zero-order valence-corrected chi connectivity index (χ0v) is 10.4. The summed E-state index contributed by atoms with van der Waals surface area (Å²) in [7, 11) is 1.40. The molecule has 0 aromatic heterocycles. The van der Waals surface area contributed by atoms with Gasteiger partial charge in [0, 0.05) is 23.9 Å². The first-order valence-corrected chi connectivity index (χ1v) is 5.69. The predicted molar refractivity (Wildman–Crippen MR) is 70.1 cm³/mol. The molecular weight excluding hydrogens is 249 g/mol. The summed E-state index contributed by atoms with van der Waals surface area (Å²) in [5.41, 5.74) is 1.08. The Hall–Kier alpha value is -2.43. The Bertz CT molecular complexity index is 587. The van der Waals surface area contributed by atoms with Crippen LogP contribution < -0.4 is 10.1 Å². The zero-order valence-electron chi connectivity index (χ0n) is 10.4. The number of methoxy groups -OCH3 is 1. The van der Waals surface area contributed by atoms with E-state index >= 15 is 0 Å². The largest absolute Gasteiger partial charge is 0.504 e. The molecule has 2 aromatic rings. The Morgan fingerprint density at radius 2 is 2.00 bits per heavy atom. The highest BCUT2D eigenvalue weighted by molar-refractivity contribution is 5.50. The van der Waals surface area contributed by atoms with Gasteiger partial charge in [-0.15, -0.1) is 0 Å². The third-order valence-electron chi connectivity index (χ3n) is 2.73. The molecule has 0 aliphatic rings. The van der Waals surface area contributed by atoms with E-state index in [9.17, 15) is 14.6 Å². The van der Waals surface area contributed by atoms with Crippen molar-refractivity contribution in [2.75, 3.05) is 12.4 Å². The molecule has 0 bridgehead atoms. The number of phenolic OH excluding ortho intramolecular Hbond substituents is 2. The summed E-state index contributed by atoms with van der Waals surface area (Å²) in [5.74, 6) is -0.650. The van der Waals surface area contributed by atoms with Gasteiger partial charge in [-0.25, -0.2) is 4.39 Å². The molecule has 19 heavy (non-hydrogen) atoms. The fourth-order valence-electron chi connectivity index (χ4n) is 1.69. The molecule has 5 heteroatoms. The van der Waals surface area contributed by atoms with E-state index in [1.807, 2.05) is 0 Å². The summed E-state index contributed by atoms with van der Waals surface area (Å²) in [6, 6.07) is 9.18. The number of phenols is 2. The smallest absolute Gasteiger partial charge is 0.167 e. The molecule has 3 N–H and O–H groups in total. The lowest BCUT2D eigenvalue weighted by atomic mass is 10.2. The highest BCUT2D eigenvalue weighted by Gasteiger charge is 2.07. The van der Waals surface area contributed by atoms with Gasteiger partial charge in [0.2, 0.25) is 0 Å². The molecule has 0 aliphatic heterocycles. The molecular formula is C14H14FNO3. The first kappa shape index (κ1) is 13.0. The second-order valence-electron chi connectivity index (χ2n) is 3.99. The molecule has 2 rings (SSSR count). The number of rotatable bonds is 4. The van der Waals surface area contributed by atoms with Crippen LogP contribution >= 0.6 is 0 Å². The quantitative estimate of drug-likeness (QED) is 0.742. The van der Waals surface area contributed by atoms with E-state index in [2.05, 4.69) is 5.32 Å². The SMILES string of the molecule is COc1ccc(NCc2cccc(O)c2O)cc1F. The minimum absolute atomic E-state index is 0.172. The number of aromatic hydroxyl groups is 2. The van der Waals surface area contributed by atoms with Crippen LogP contribution in [0.4, 0.5) is 10.1 Å². The molecule has 0 radical (unpaired) electrons. The second-order valence-corrected chi connectivity index (χ2v) is 3.99. The summed E-state index contributed by atoms with van der Waals surface area (Å²) < 4.78 is 18.3. The minimum atomic E-state index is -0.465. The standard InChI is InChI=1S/C14H14FNO3/c1-19-13-6-5-10(7-11(13)15)16-8-9-3-2-4-12(17)14(9)18/h2-7,16-18H,8H2,1H3. The number of hydrogen-bond donors (Lipinski definition) is 3. The number of nitrogens with one attached hydrogen (secondary N) is 1. The minimum Gasteiger partial charge on any atom is -0.504 e. The van der Waals surface area contributed by atoms with Crippen LogP contribution in [0.15, 0.2) is 36.4 Å². The zero-order chi connectivity index (χ0) is 13.8. The lowest BCUT2D eigenvalue weighted by Gasteiger charge is -2.10. The summed E-state index contributed by atoms with van der Waals surface area (Å²) in [6.45, 7) is 0.270. The normalized spacial score (nSPS) is 10.2. The van der Waals surface area contributed by atoms with Crippen LogP contribution in [-0.2, 0) is 6.54 Å². The van der Waals surface area contributed by atoms with Crippen molar-refractivity contribution in [3.8, 4) is 17.2 Å². The Morgan fingerprint density at radius 3 is 2.68 bits per heavy atom. The Kier molecular flexibility index (Phi) is 3.75. The van der Waals surface area contributed by atoms with Crippen molar-refractivity contribution in [1.82, 2.24) is 0 Å². The van der Waals surface area contributed by atoms with Gasteiger partial charge in [0.1, 0.15) is 0 Å². The van der Waals surface area contributed by atoms with Crippen molar-refractivity contribution in [3.05, 3.63) is 47.8 Å². The monoisotopic (exact) mass is 263 g/mol. The molecule has 0 spiro atoms. The average Bonchev–Trinajstić information content (AvgIpc) is 2.40. The van der Waals surface area contributed by atoms with Crippen molar-refractivity contribution in [3.63, 3.8) is 0 Å². The highest BCUT2D eigenvalue weighted by atomic mass is 19.1. The summed E-state index contributed by atoms with van der Waals surface area (Å²) >= 11 is 0. The van der Waals surface area contributed by atoms with Gasteiger partial charge in [0.15, 0.2) is 23.1 Å². The molecule has 0 amide bonds. The maximum Gasteiger partial charge on any atom is 0.167 e. The van der Waals surface area contributed by atoms with Gasteiger partial charge in [-0.3, -0.25) is 0 Å². The van der Waals surface area contributed by atoms with Crippen LogP contribution in [0.3, 0.4) is 0 Å². The van der Waals surface area contributed by atoms with Gasteiger partial charge >= 0.3 is 0 Å². The van der Waals surface area contributed by atoms with E-state index in [0.717, 1.165) is 0 Å². The molecule has 2 aromatic carbocycles. The fourth-order valence-corrected chi connectivity index (χ4v) is 1.69. The molecule has 0 saturated carbocycles. The summed E-state index contributed by atoms with van der Waals surface area (Å²) in [6.07, 6.45) is 0. The van der Waals surface area contributed by atoms with Crippen molar-refractivity contribution >= 4 is 5.69 Å². The molecule has 0 aliphatic carbocycles. The van der Waals surface area contributed by atoms with E-state index in [0.29, 0.717) is 11.3 Å². The van der Waals surface area contributed by atoms with Gasteiger partial charge in [0.25, 0.3) is 0 Å². The first-order chi connectivity index (χ1) is 9.11. The van der Waals surface area contributed by atoms with Gasteiger partial charge in [-0.1, -0.05) is 12.1 Å². The highest BCUT2D eigenvalue weighted by Crippen LogP contribution is 2.29. The number of benzene rings is 2. The van der Waals surface area contributed by atoms with Crippen LogP contribution in [0, 0.1) is 5.82 Å². The van der Waals surface area contributed by atoms with E-state index in [1.165, 1.54) is 25.3 Å². The topological polar surface area (TPSA) is 61.7 Å². The average molecular weight is 263 g/mol. The maximum absolute atomic E-state index is 13.5. The molecule has 0 unspecified atom stereocenters. The maximum atomic E-state index is 13.5. The first-order valence-electron chi connectivity index (χ1n) is 5.69. The van der Waals surface area contributed by atoms with E-state index < -0.39 is 5.82 Å². The second kappa shape index (κ2) is 5.48. The lowest BCUT2D eigenvalue weighted by molar-refractivity contribution is 0.386. The van der Waals surface area contributed by atoms with E-state index in [-0.39, 0.29) is 23.8 Å². The van der Waals surface area contributed by atoms with Gasteiger partial charge in [-0.2, -0.15) is 0 Å². The molecule has 4 nitrogen and oxygen atoms in total. The number of ether oxygens (including phenoxy) is 1. The van der Waals surface area contributed by atoms with E-state index in [1.54, 1.807) is 18.2 Å². The Balaban J connectivity index is 2.10. The van der Waals surface area contributed by atoms with Crippen molar-refractivity contribution < 1.29 is 19.3 Å². The molecule has 0 heterocycles. The number of halogens is 1. The van der Waals surface area contributed by atoms with Crippen LogP contribution in [-0.4, -0.2) is 17.3 Å². The van der Waals surface area contributed by atoms with Gasteiger partial charge in [0.05, 0.1) is 7.11 Å². The van der Waals surface area contributed by atoms with Crippen LogP contribution in [0.5, 0.6) is 17.2 Å². The van der Waals surface area contributed by atoms with Crippen molar-refractivity contribution in [2.24, 2.45) is 0 Å². The van der Waals surface area contributed by atoms with Crippen LogP contribution in [0.2, 0.25) is 0 Å². The van der Waals surface area contributed by atoms with Crippen LogP contribution in [0.25, 0.3) is 0 Å². The summed E-state index contributed by atoms with van der Waals surface area (Å²) in [4.78, 5) is 0. The summed E-state index contributed by atoms with van der Waals surface area (Å²) in [5, 5.41) is 21.9. The lowest BCUT2D eigenvalue weighted by Crippen LogP contribution is -2.00. The number of para-hydroxylation sites is 1.